The van der Waals surface area contributed by atoms with Gasteiger partial charge in [-0.25, -0.2) is 8.42 Å². The lowest BCUT2D eigenvalue weighted by atomic mass is 10.1. The Hall–Kier alpha value is -2.12. The molecule has 1 aromatic heterocycles. The molecular formula is C18H24N2O4S. The van der Waals surface area contributed by atoms with Crippen molar-refractivity contribution in [2.45, 2.75) is 39.5 Å². The van der Waals surface area contributed by atoms with Crippen LogP contribution < -0.4 is 5.32 Å². The van der Waals surface area contributed by atoms with E-state index in [0.29, 0.717) is 24.5 Å². The number of sulfonamides is 1. The number of amides is 1. The number of rotatable bonds is 6. The second-order valence-corrected chi connectivity index (χ2v) is 7.80. The number of hydrogen-bond donors (Lipinski definition) is 1. The Balaban J connectivity index is 2.43. The van der Waals surface area contributed by atoms with E-state index in [4.69, 9.17) is 4.42 Å². The molecule has 1 N–H and O–H groups in total. The molecule has 1 heterocycles. The van der Waals surface area contributed by atoms with Gasteiger partial charge in [-0.1, -0.05) is 13.8 Å². The fourth-order valence-corrected chi connectivity index (χ4v) is 4.13. The van der Waals surface area contributed by atoms with Crippen LogP contribution in [0.1, 0.15) is 41.3 Å². The minimum atomic E-state index is -3.60. The lowest BCUT2D eigenvalue weighted by molar-refractivity contribution is 0.0995. The van der Waals surface area contributed by atoms with Crippen molar-refractivity contribution in [3.05, 3.63) is 46.9 Å². The summed E-state index contributed by atoms with van der Waals surface area (Å²) < 4.78 is 32.2. The topological polar surface area (TPSA) is 79.6 Å². The van der Waals surface area contributed by atoms with E-state index in [9.17, 15) is 13.2 Å². The van der Waals surface area contributed by atoms with Gasteiger partial charge in [0.2, 0.25) is 10.0 Å². The van der Waals surface area contributed by atoms with Gasteiger partial charge in [0.25, 0.3) is 5.91 Å². The van der Waals surface area contributed by atoms with E-state index in [-0.39, 0.29) is 10.7 Å². The molecule has 0 fully saturated rings. The lowest BCUT2D eigenvalue weighted by Crippen LogP contribution is -2.30. The van der Waals surface area contributed by atoms with E-state index in [2.05, 4.69) is 5.32 Å². The highest BCUT2D eigenvalue weighted by molar-refractivity contribution is 7.89. The molecule has 0 unspecified atom stereocenters. The second kappa shape index (κ2) is 7.41. The smallest absolute Gasteiger partial charge is 0.291 e. The summed E-state index contributed by atoms with van der Waals surface area (Å²) in [5.41, 5.74) is 2.07. The second-order valence-electron chi connectivity index (χ2n) is 5.87. The molecule has 2 rings (SSSR count). The summed E-state index contributed by atoms with van der Waals surface area (Å²) in [5.74, 6) is 0.412. The van der Waals surface area contributed by atoms with Gasteiger partial charge in [-0.05, 0) is 56.2 Å². The lowest BCUT2D eigenvalue weighted by Gasteiger charge is -2.20. The van der Waals surface area contributed by atoms with Crippen molar-refractivity contribution in [3.8, 4) is 0 Å². The van der Waals surface area contributed by atoms with Crippen molar-refractivity contribution in [2.24, 2.45) is 0 Å². The van der Waals surface area contributed by atoms with Gasteiger partial charge >= 0.3 is 0 Å². The molecule has 0 radical (unpaired) electrons. The van der Waals surface area contributed by atoms with E-state index in [1.54, 1.807) is 39.0 Å². The monoisotopic (exact) mass is 364 g/mol. The SMILES string of the molecule is CCN(CC)S(=O)(=O)c1cc(C)c(C)c(NC(=O)c2ccc(C)o2)c1. The molecule has 0 atom stereocenters. The van der Waals surface area contributed by atoms with E-state index >= 15 is 0 Å². The van der Waals surface area contributed by atoms with Gasteiger partial charge < -0.3 is 9.73 Å². The average molecular weight is 364 g/mol. The number of carbonyl (C=O) groups excluding carboxylic acids is 1. The van der Waals surface area contributed by atoms with Gasteiger partial charge in [0.05, 0.1) is 4.90 Å². The quantitative estimate of drug-likeness (QED) is 0.851. The van der Waals surface area contributed by atoms with Crippen molar-refractivity contribution in [1.29, 1.82) is 0 Å². The minimum Gasteiger partial charge on any atom is -0.456 e. The largest absolute Gasteiger partial charge is 0.456 e. The number of benzene rings is 1. The van der Waals surface area contributed by atoms with Crippen LogP contribution in [0.15, 0.2) is 33.6 Å². The van der Waals surface area contributed by atoms with Crippen LogP contribution in [0.25, 0.3) is 0 Å². The third-order valence-electron chi connectivity index (χ3n) is 4.20. The summed E-state index contributed by atoms with van der Waals surface area (Å²) in [6.45, 7) is 9.78. The third kappa shape index (κ3) is 3.93. The van der Waals surface area contributed by atoms with Crippen LogP contribution in [0.3, 0.4) is 0 Å². The molecule has 0 aliphatic rings. The average Bonchev–Trinajstić information content (AvgIpc) is 2.99. The molecule has 0 saturated carbocycles. The molecule has 2 aromatic rings. The van der Waals surface area contributed by atoms with E-state index in [1.807, 2.05) is 13.8 Å². The first-order valence-electron chi connectivity index (χ1n) is 8.19. The van der Waals surface area contributed by atoms with Gasteiger partial charge in [-0.2, -0.15) is 4.31 Å². The Labute approximate surface area is 148 Å². The first-order valence-corrected chi connectivity index (χ1v) is 9.63. The standard InChI is InChI=1S/C18H24N2O4S/c1-6-20(7-2)25(22,23)15-10-12(3)14(5)16(11-15)19-18(21)17-9-8-13(4)24-17/h8-11H,6-7H2,1-5H3,(H,19,21). The van der Waals surface area contributed by atoms with Crippen molar-refractivity contribution in [1.82, 2.24) is 4.31 Å². The van der Waals surface area contributed by atoms with Gasteiger partial charge in [-0.15, -0.1) is 0 Å². The van der Waals surface area contributed by atoms with Crippen LogP contribution in [0, 0.1) is 20.8 Å². The van der Waals surface area contributed by atoms with Crippen molar-refractivity contribution in [3.63, 3.8) is 0 Å². The number of anilines is 1. The molecule has 0 bridgehead atoms. The molecule has 6 nitrogen and oxygen atoms in total. The summed E-state index contributed by atoms with van der Waals surface area (Å²) in [5, 5.41) is 2.75. The van der Waals surface area contributed by atoms with Crippen LogP contribution in [0.4, 0.5) is 5.69 Å². The van der Waals surface area contributed by atoms with Crippen molar-refractivity contribution in [2.75, 3.05) is 18.4 Å². The highest BCUT2D eigenvalue weighted by atomic mass is 32.2. The summed E-state index contributed by atoms with van der Waals surface area (Å²) >= 11 is 0. The number of furan rings is 1. The molecule has 0 spiro atoms. The van der Waals surface area contributed by atoms with Crippen LogP contribution >= 0.6 is 0 Å². The van der Waals surface area contributed by atoms with Crippen molar-refractivity contribution < 1.29 is 17.6 Å². The zero-order valence-corrected chi connectivity index (χ0v) is 16.0. The maximum atomic E-state index is 12.8. The molecule has 25 heavy (non-hydrogen) atoms. The first kappa shape index (κ1) is 19.2. The molecule has 1 aromatic carbocycles. The number of hydrogen-bond acceptors (Lipinski definition) is 4. The van der Waals surface area contributed by atoms with Crippen LogP contribution in [-0.2, 0) is 10.0 Å². The Morgan fingerprint density at radius 2 is 1.76 bits per heavy atom. The fourth-order valence-electron chi connectivity index (χ4n) is 2.56. The molecule has 7 heteroatoms. The van der Waals surface area contributed by atoms with Gasteiger partial charge in [-0.3, -0.25) is 4.79 Å². The third-order valence-corrected chi connectivity index (χ3v) is 6.22. The highest BCUT2D eigenvalue weighted by Gasteiger charge is 2.24. The van der Waals surface area contributed by atoms with Gasteiger partial charge in [0.15, 0.2) is 5.76 Å². The maximum Gasteiger partial charge on any atom is 0.291 e. The van der Waals surface area contributed by atoms with Crippen LogP contribution in [0.2, 0.25) is 0 Å². The Morgan fingerprint density at radius 1 is 1.12 bits per heavy atom. The Kier molecular flexibility index (Phi) is 5.69. The molecule has 1 amide bonds. The maximum absolute atomic E-state index is 12.8. The van der Waals surface area contributed by atoms with Crippen LogP contribution in [0.5, 0.6) is 0 Å². The van der Waals surface area contributed by atoms with Crippen LogP contribution in [-0.4, -0.2) is 31.7 Å². The molecule has 136 valence electrons. The number of nitrogens with one attached hydrogen (secondary N) is 1. The van der Waals surface area contributed by atoms with E-state index in [0.717, 1.165) is 11.1 Å². The zero-order valence-electron chi connectivity index (χ0n) is 15.2. The number of aryl methyl sites for hydroxylation is 2. The Bertz CT molecular complexity index is 880. The van der Waals surface area contributed by atoms with Crippen molar-refractivity contribution >= 4 is 21.6 Å². The van der Waals surface area contributed by atoms with Gasteiger partial charge in [0.1, 0.15) is 5.76 Å². The minimum absolute atomic E-state index is 0.172. The number of nitrogens with zero attached hydrogens (tertiary/aromatic N) is 1. The predicted molar refractivity (Wildman–Crippen MR) is 97.4 cm³/mol. The zero-order chi connectivity index (χ0) is 18.8. The summed E-state index contributed by atoms with van der Waals surface area (Å²) in [4.78, 5) is 12.5. The van der Waals surface area contributed by atoms with Gasteiger partial charge in [0, 0.05) is 18.8 Å². The highest BCUT2D eigenvalue weighted by Crippen LogP contribution is 2.26. The van der Waals surface area contributed by atoms with E-state index in [1.165, 1.54) is 10.4 Å². The fraction of sp³-hybridized carbons (Fsp3) is 0.389. The summed E-state index contributed by atoms with van der Waals surface area (Å²) in [7, 11) is -3.60. The molecular weight excluding hydrogens is 340 g/mol. The first-order chi connectivity index (χ1) is 11.7. The normalized spacial score (nSPS) is 11.8. The molecule has 0 aliphatic heterocycles. The summed E-state index contributed by atoms with van der Waals surface area (Å²) in [6.07, 6.45) is 0. The Morgan fingerprint density at radius 3 is 2.28 bits per heavy atom. The van der Waals surface area contributed by atoms with E-state index < -0.39 is 15.9 Å². The predicted octanol–water partition coefficient (Wildman–Crippen LogP) is 3.49. The number of carbonyl (C=O) groups is 1. The summed E-state index contributed by atoms with van der Waals surface area (Å²) in [6, 6.07) is 6.43. The molecule has 0 saturated heterocycles. The molecule has 0 aliphatic carbocycles.